The van der Waals surface area contributed by atoms with Crippen molar-refractivity contribution in [1.29, 1.82) is 0 Å². The third kappa shape index (κ3) is 3.04. The summed E-state index contributed by atoms with van der Waals surface area (Å²) in [5.74, 6) is 2.40. The summed E-state index contributed by atoms with van der Waals surface area (Å²) in [6, 6.07) is 13.2. The minimum absolute atomic E-state index is 0. The van der Waals surface area contributed by atoms with Gasteiger partial charge in [-0.05, 0) is 42.7 Å². The van der Waals surface area contributed by atoms with Crippen LogP contribution in [0.3, 0.4) is 0 Å². The van der Waals surface area contributed by atoms with Crippen LogP contribution in [0.4, 0.5) is 5.82 Å². The monoisotopic (exact) mass is 391 g/mol. The molecule has 1 N–H and O–H groups in total. The van der Waals surface area contributed by atoms with Gasteiger partial charge in [-0.3, -0.25) is 9.78 Å². The number of carbonyl (C=O) groups excluding carboxylic acids is 1. The molecule has 1 saturated carbocycles. The second-order valence-electron chi connectivity index (χ2n) is 7.09. The van der Waals surface area contributed by atoms with E-state index in [0.29, 0.717) is 28.8 Å². The number of nitrogens with zero attached hydrogens (tertiary/aromatic N) is 2. The van der Waals surface area contributed by atoms with Crippen LogP contribution in [0.1, 0.15) is 19.8 Å². The summed E-state index contributed by atoms with van der Waals surface area (Å²) in [4.78, 5) is 21.9. The SMILES string of the molecule is COc1ccccc1-c1cncc(NC(=O)C2(c3ccc4c(c3)OCO4)CC2)n1.[HH]. The zero-order chi connectivity index (χ0) is 19.8. The van der Waals surface area contributed by atoms with E-state index in [2.05, 4.69) is 15.3 Å². The fourth-order valence-electron chi connectivity index (χ4n) is 3.61. The Bertz CT molecular complexity index is 1100. The fourth-order valence-corrected chi connectivity index (χ4v) is 3.61. The largest absolute Gasteiger partial charge is 0.496 e. The number of hydrogen-bond acceptors (Lipinski definition) is 6. The van der Waals surface area contributed by atoms with Gasteiger partial charge in [0.25, 0.3) is 0 Å². The van der Waals surface area contributed by atoms with Crippen LogP contribution >= 0.6 is 0 Å². The van der Waals surface area contributed by atoms with Crippen LogP contribution in [0.5, 0.6) is 17.2 Å². The quantitative estimate of drug-likeness (QED) is 0.712. The van der Waals surface area contributed by atoms with Crippen molar-refractivity contribution in [3.8, 4) is 28.5 Å². The topological polar surface area (TPSA) is 82.6 Å². The van der Waals surface area contributed by atoms with Gasteiger partial charge in [-0.1, -0.05) is 18.2 Å². The predicted molar refractivity (Wildman–Crippen MR) is 108 cm³/mol. The lowest BCUT2D eigenvalue weighted by molar-refractivity contribution is -0.118. The lowest BCUT2D eigenvalue weighted by Gasteiger charge is -2.16. The summed E-state index contributed by atoms with van der Waals surface area (Å²) in [5, 5.41) is 2.93. The highest BCUT2D eigenvalue weighted by Gasteiger charge is 2.51. The molecule has 1 aliphatic carbocycles. The van der Waals surface area contributed by atoms with E-state index in [-0.39, 0.29) is 14.1 Å². The minimum Gasteiger partial charge on any atom is -0.496 e. The van der Waals surface area contributed by atoms with Gasteiger partial charge in [0, 0.05) is 6.99 Å². The molecular formula is C22H21N3O4. The zero-order valence-corrected chi connectivity index (χ0v) is 15.8. The van der Waals surface area contributed by atoms with E-state index in [0.717, 1.165) is 24.0 Å². The Balaban J connectivity index is 0.00000218. The van der Waals surface area contributed by atoms with Gasteiger partial charge >= 0.3 is 0 Å². The normalized spacial score (nSPS) is 15.6. The maximum atomic E-state index is 13.1. The first-order valence-corrected chi connectivity index (χ1v) is 9.37. The molecule has 7 heteroatoms. The van der Waals surface area contributed by atoms with Crippen molar-refractivity contribution in [3.05, 3.63) is 60.4 Å². The number of aromatic nitrogens is 2. The Labute approximate surface area is 169 Å². The van der Waals surface area contributed by atoms with Crippen molar-refractivity contribution in [3.63, 3.8) is 0 Å². The molecule has 3 aromatic rings. The average Bonchev–Trinajstić information content (AvgIpc) is 3.45. The number of anilines is 1. The average molecular weight is 391 g/mol. The van der Waals surface area contributed by atoms with E-state index in [1.165, 1.54) is 0 Å². The first-order chi connectivity index (χ1) is 14.2. The Morgan fingerprint density at radius 1 is 1.14 bits per heavy atom. The molecule has 2 aromatic carbocycles. The first kappa shape index (κ1) is 17.5. The maximum Gasteiger partial charge on any atom is 0.236 e. The molecule has 29 heavy (non-hydrogen) atoms. The molecule has 1 fully saturated rings. The number of para-hydroxylation sites is 1. The molecule has 2 heterocycles. The second-order valence-corrected chi connectivity index (χ2v) is 7.09. The van der Waals surface area contributed by atoms with Crippen LogP contribution in [-0.2, 0) is 10.2 Å². The van der Waals surface area contributed by atoms with Gasteiger partial charge in [-0.2, -0.15) is 0 Å². The molecule has 5 rings (SSSR count). The number of methoxy groups -OCH3 is 1. The molecular weight excluding hydrogens is 370 g/mol. The van der Waals surface area contributed by atoms with E-state index < -0.39 is 5.41 Å². The first-order valence-electron chi connectivity index (χ1n) is 9.37. The van der Waals surface area contributed by atoms with Crippen molar-refractivity contribution >= 4 is 11.7 Å². The van der Waals surface area contributed by atoms with Crippen LogP contribution in [0.15, 0.2) is 54.9 Å². The standard InChI is InChI=1S/C22H19N3O4.H2/c1-27-17-5-3-2-4-15(17)16-11-23-12-20(24-16)25-21(26)22(8-9-22)14-6-7-18-19(10-14)29-13-28-18;/h2-7,10-12H,8-9,13H2,1H3,(H,24,25,26);1H. The van der Waals surface area contributed by atoms with E-state index in [1.807, 2.05) is 42.5 Å². The van der Waals surface area contributed by atoms with Gasteiger partial charge in [0.2, 0.25) is 12.7 Å². The number of nitrogens with one attached hydrogen (secondary N) is 1. The number of amides is 1. The maximum absolute atomic E-state index is 13.1. The van der Waals surface area contributed by atoms with Crippen LogP contribution in [0, 0.1) is 0 Å². The Kier molecular flexibility index (Phi) is 4.08. The van der Waals surface area contributed by atoms with Crippen molar-refractivity contribution in [2.45, 2.75) is 18.3 Å². The molecule has 0 atom stereocenters. The van der Waals surface area contributed by atoms with Crippen LogP contribution in [-0.4, -0.2) is 29.8 Å². The smallest absolute Gasteiger partial charge is 0.236 e. The van der Waals surface area contributed by atoms with Crippen molar-refractivity contribution in [1.82, 2.24) is 9.97 Å². The van der Waals surface area contributed by atoms with Gasteiger partial charge in [-0.15, -0.1) is 0 Å². The van der Waals surface area contributed by atoms with Gasteiger partial charge in [0.1, 0.15) is 5.75 Å². The molecule has 2 aliphatic rings. The number of ether oxygens (including phenoxy) is 3. The molecule has 0 bridgehead atoms. The van der Waals surface area contributed by atoms with E-state index in [9.17, 15) is 4.79 Å². The summed E-state index contributed by atoms with van der Waals surface area (Å²) in [5.41, 5.74) is 1.81. The minimum atomic E-state index is -0.566. The Morgan fingerprint density at radius 2 is 1.97 bits per heavy atom. The lowest BCUT2D eigenvalue weighted by atomic mass is 9.94. The number of carbonyl (C=O) groups is 1. The molecule has 0 spiro atoms. The lowest BCUT2D eigenvalue weighted by Crippen LogP contribution is -2.28. The summed E-state index contributed by atoms with van der Waals surface area (Å²) in [6.07, 6.45) is 4.75. The fraction of sp³-hybridized carbons (Fsp3) is 0.227. The second kappa shape index (κ2) is 6.77. The summed E-state index contributed by atoms with van der Waals surface area (Å²) < 4.78 is 16.2. The van der Waals surface area contributed by atoms with Crippen LogP contribution in [0.25, 0.3) is 11.3 Å². The number of hydrogen-bond donors (Lipinski definition) is 1. The zero-order valence-electron chi connectivity index (χ0n) is 15.8. The van der Waals surface area contributed by atoms with Gasteiger partial charge < -0.3 is 19.5 Å². The molecule has 1 amide bonds. The number of benzene rings is 2. The van der Waals surface area contributed by atoms with Gasteiger partial charge in [0.05, 0.1) is 30.6 Å². The summed E-state index contributed by atoms with van der Waals surface area (Å²) in [6.45, 7) is 0.212. The van der Waals surface area contributed by atoms with E-state index >= 15 is 0 Å². The predicted octanol–water partition coefficient (Wildman–Crippen LogP) is 3.80. The van der Waals surface area contributed by atoms with Crippen molar-refractivity contribution in [2.24, 2.45) is 0 Å². The molecule has 1 aromatic heterocycles. The Morgan fingerprint density at radius 3 is 2.79 bits per heavy atom. The van der Waals surface area contributed by atoms with Crippen LogP contribution in [0.2, 0.25) is 0 Å². The van der Waals surface area contributed by atoms with E-state index in [4.69, 9.17) is 14.2 Å². The highest BCUT2D eigenvalue weighted by molar-refractivity contribution is 6.01. The summed E-state index contributed by atoms with van der Waals surface area (Å²) >= 11 is 0. The molecule has 0 saturated heterocycles. The molecule has 148 valence electrons. The van der Waals surface area contributed by atoms with Gasteiger partial charge in [-0.25, -0.2) is 4.98 Å². The number of rotatable bonds is 5. The number of fused-ring (bicyclic) bond motifs is 1. The highest BCUT2D eigenvalue weighted by Crippen LogP contribution is 2.51. The molecule has 0 radical (unpaired) electrons. The van der Waals surface area contributed by atoms with Crippen LogP contribution < -0.4 is 19.5 Å². The molecule has 0 unspecified atom stereocenters. The molecule has 7 nitrogen and oxygen atoms in total. The summed E-state index contributed by atoms with van der Waals surface area (Å²) in [7, 11) is 1.61. The molecule has 1 aliphatic heterocycles. The van der Waals surface area contributed by atoms with Crippen molar-refractivity contribution < 1.29 is 20.4 Å². The highest BCUT2D eigenvalue weighted by atomic mass is 16.7. The third-order valence-electron chi connectivity index (χ3n) is 5.37. The Hall–Kier alpha value is -3.61. The van der Waals surface area contributed by atoms with E-state index in [1.54, 1.807) is 19.5 Å². The van der Waals surface area contributed by atoms with Crippen molar-refractivity contribution in [2.75, 3.05) is 19.2 Å². The van der Waals surface area contributed by atoms with Gasteiger partial charge in [0.15, 0.2) is 17.3 Å². The third-order valence-corrected chi connectivity index (χ3v) is 5.37.